The monoisotopic (exact) mass is 253 g/mol. The van der Waals surface area contributed by atoms with Gasteiger partial charge in [0.2, 0.25) is 5.95 Å². The van der Waals surface area contributed by atoms with Crippen molar-refractivity contribution in [2.45, 2.75) is 25.8 Å². The smallest absolute Gasteiger partial charge is 0.324 e. The first-order chi connectivity index (χ1) is 8.63. The van der Waals surface area contributed by atoms with Crippen molar-refractivity contribution >= 4 is 12.0 Å². The van der Waals surface area contributed by atoms with E-state index in [1.54, 1.807) is 11.9 Å². The first-order valence-corrected chi connectivity index (χ1v) is 6.16. The number of nitrogens with one attached hydrogen (secondary N) is 1. The fourth-order valence-corrected chi connectivity index (χ4v) is 2.36. The third kappa shape index (κ3) is 2.45. The largest absolute Gasteiger partial charge is 0.394 e. The van der Waals surface area contributed by atoms with E-state index in [4.69, 9.17) is 0 Å². The molecule has 2 rings (SSSR count). The van der Waals surface area contributed by atoms with Crippen molar-refractivity contribution < 1.29 is 9.90 Å². The highest BCUT2D eigenvalue weighted by Crippen LogP contribution is 2.23. The average Bonchev–Trinajstić information content (AvgIpc) is 2.74. The van der Waals surface area contributed by atoms with Crippen LogP contribution in [0.15, 0.2) is 6.33 Å². The van der Waals surface area contributed by atoms with Crippen molar-refractivity contribution in [3.05, 3.63) is 6.33 Å². The molecule has 1 aliphatic rings. The summed E-state index contributed by atoms with van der Waals surface area (Å²) in [6.45, 7) is 2.72. The van der Waals surface area contributed by atoms with Crippen LogP contribution in [0.25, 0.3) is 0 Å². The summed E-state index contributed by atoms with van der Waals surface area (Å²) in [7, 11) is 1.71. The van der Waals surface area contributed by atoms with E-state index >= 15 is 0 Å². The summed E-state index contributed by atoms with van der Waals surface area (Å²) < 4.78 is 1.50. The first-order valence-electron chi connectivity index (χ1n) is 6.16. The van der Waals surface area contributed by atoms with Gasteiger partial charge in [-0.2, -0.15) is 10.1 Å². The summed E-state index contributed by atoms with van der Waals surface area (Å²) in [5, 5.41) is 16.0. The number of aromatic nitrogens is 3. The molecule has 1 aromatic rings. The molecular weight excluding hydrogens is 234 g/mol. The SMILES string of the molecule is CC1CCCN(C(=O)Nc2ncnn2C)C1CO. The molecule has 1 fully saturated rings. The van der Waals surface area contributed by atoms with E-state index in [2.05, 4.69) is 22.3 Å². The molecule has 2 unspecified atom stereocenters. The minimum atomic E-state index is -0.225. The highest BCUT2D eigenvalue weighted by atomic mass is 16.3. The fraction of sp³-hybridized carbons (Fsp3) is 0.727. The number of likely N-dealkylation sites (tertiary alicyclic amines) is 1. The normalized spacial score (nSPS) is 24.1. The second-order valence-electron chi connectivity index (χ2n) is 4.70. The number of anilines is 1. The van der Waals surface area contributed by atoms with Crippen molar-refractivity contribution in [1.82, 2.24) is 19.7 Å². The van der Waals surface area contributed by atoms with E-state index in [0.29, 0.717) is 18.4 Å². The molecule has 0 saturated carbocycles. The molecule has 7 nitrogen and oxygen atoms in total. The van der Waals surface area contributed by atoms with E-state index in [1.165, 1.54) is 11.0 Å². The van der Waals surface area contributed by atoms with Crippen LogP contribution < -0.4 is 5.32 Å². The van der Waals surface area contributed by atoms with Crippen LogP contribution in [0, 0.1) is 5.92 Å². The zero-order valence-corrected chi connectivity index (χ0v) is 10.7. The van der Waals surface area contributed by atoms with Gasteiger partial charge in [-0.05, 0) is 18.8 Å². The van der Waals surface area contributed by atoms with Crippen molar-refractivity contribution in [1.29, 1.82) is 0 Å². The van der Waals surface area contributed by atoms with Gasteiger partial charge in [0.05, 0.1) is 12.6 Å². The van der Waals surface area contributed by atoms with Crippen molar-refractivity contribution in [2.75, 3.05) is 18.5 Å². The van der Waals surface area contributed by atoms with Crippen LogP contribution in [0.2, 0.25) is 0 Å². The predicted octanol–water partition coefficient (Wildman–Crippen LogP) is 0.440. The highest BCUT2D eigenvalue weighted by molar-refractivity contribution is 5.87. The number of hydrogen-bond acceptors (Lipinski definition) is 4. The Balaban J connectivity index is 2.05. The van der Waals surface area contributed by atoms with Crippen LogP contribution >= 0.6 is 0 Å². The van der Waals surface area contributed by atoms with Gasteiger partial charge >= 0.3 is 6.03 Å². The van der Waals surface area contributed by atoms with Gasteiger partial charge in [-0.3, -0.25) is 5.32 Å². The molecule has 0 spiro atoms. The molecule has 2 heterocycles. The molecule has 2 atom stereocenters. The summed E-state index contributed by atoms with van der Waals surface area (Å²) in [5.74, 6) is 0.726. The molecule has 18 heavy (non-hydrogen) atoms. The number of aryl methyl sites for hydroxylation is 1. The molecule has 0 bridgehead atoms. The van der Waals surface area contributed by atoms with E-state index < -0.39 is 0 Å². The van der Waals surface area contributed by atoms with Gasteiger partial charge < -0.3 is 10.0 Å². The van der Waals surface area contributed by atoms with Crippen LogP contribution in [0.4, 0.5) is 10.7 Å². The third-order valence-electron chi connectivity index (χ3n) is 3.49. The Kier molecular flexibility index (Phi) is 3.81. The number of carbonyl (C=O) groups is 1. The molecule has 100 valence electrons. The van der Waals surface area contributed by atoms with Crippen LogP contribution in [0.3, 0.4) is 0 Å². The van der Waals surface area contributed by atoms with Gasteiger partial charge in [-0.1, -0.05) is 6.92 Å². The van der Waals surface area contributed by atoms with Crippen molar-refractivity contribution in [3.63, 3.8) is 0 Å². The molecule has 1 aromatic heterocycles. The number of rotatable bonds is 2. The maximum Gasteiger partial charge on any atom is 0.324 e. The number of hydrogen-bond donors (Lipinski definition) is 2. The Morgan fingerprint density at radius 1 is 1.67 bits per heavy atom. The summed E-state index contributed by atoms with van der Waals surface area (Å²) in [4.78, 5) is 17.8. The Labute approximate surface area is 106 Å². The lowest BCUT2D eigenvalue weighted by atomic mass is 9.91. The predicted molar refractivity (Wildman–Crippen MR) is 66.0 cm³/mol. The van der Waals surface area contributed by atoms with Crippen LogP contribution in [-0.4, -0.2) is 50.0 Å². The van der Waals surface area contributed by atoms with Gasteiger partial charge in [0.1, 0.15) is 6.33 Å². The third-order valence-corrected chi connectivity index (χ3v) is 3.49. The minimum Gasteiger partial charge on any atom is -0.394 e. The van der Waals surface area contributed by atoms with Gasteiger partial charge in [0.15, 0.2) is 0 Å². The number of carbonyl (C=O) groups excluding carboxylic acids is 1. The summed E-state index contributed by atoms with van der Waals surface area (Å²) in [6, 6.07) is -0.344. The Bertz CT molecular complexity index is 419. The quantitative estimate of drug-likeness (QED) is 0.801. The van der Waals surface area contributed by atoms with Gasteiger partial charge in [-0.15, -0.1) is 0 Å². The molecular formula is C11H19N5O2. The molecule has 7 heteroatoms. The second-order valence-corrected chi connectivity index (χ2v) is 4.70. The topological polar surface area (TPSA) is 83.3 Å². The zero-order chi connectivity index (χ0) is 13.1. The highest BCUT2D eigenvalue weighted by Gasteiger charge is 2.31. The number of urea groups is 1. The Morgan fingerprint density at radius 3 is 3.06 bits per heavy atom. The lowest BCUT2D eigenvalue weighted by Crippen LogP contribution is -2.51. The van der Waals surface area contributed by atoms with Crippen molar-refractivity contribution in [3.8, 4) is 0 Å². The van der Waals surface area contributed by atoms with Crippen LogP contribution in [-0.2, 0) is 7.05 Å². The lowest BCUT2D eigenvalue weighted by Gasteiger charge is -2.38. The Morgan fingerprint density at radius 2 is 2.44 bits per heavy atom. The molecule has 1 aliphatic heterocycles. The van der Waals surface area contributed by atoms with Crippen LogP contribution in [0.5, 0.6) is 0 Å². The maximum absolute atomic E-state index is 12.2. The molecule has 2 amide bonds. The van der Waals surface area contributed by atoms with Gasteiger partial charge in [0, 0.05) is 13.6 Å². The molecule has 0 aromatic carbocycles. The molecule has 0 radical (unpaired) electrons. The van der Waals surface area contributed by atoms with E-state index in [9.17, 15) is 9.90 Å². The maximum atomic E-state index is 12.2. The lowest BCUT2D eigenvalue weighted by molar-refractivity contribution is 0.0810. The number of aliphatic hydroxyl groups is 1. The van der Waals surface area contributed by atoms with Crippen LogP contribution in [0.1, 0.15) is 19.8 Å². The second kappa shape index (κ2) is 5.34. The molecule has 1 saturated heterocycles. The molecule has 0 aliphatic carbocycles. The van der Waals surface area contributed by atoms with Gasteiger partial charge in [0.25, 0.3) is 0 Å². The number of nitrogens with zero attached hydrogens (tertiary/aromatic N) is 4. The average molecular weight is 253 g/mol. The minimum absolute atomic E-state index is 0.00655. The van der Waals surface area contributed by atoms with E-state index in [0.717, 1.165) is 12.8 Å². The summed E-state index contributed by atoms with van der Waals surface area (Å²) in [6.07, 6.45) is 3.39. The summed E-state index contributed by atoms with van der Waals surface area (Å²) in [5.41, 5.74) is 0. The number of aliphatic hydroxyl groups excluding tert-OH is 1. The first kappa shape index (κ1) is 12.8. The van der Waals surface area contributed by atoms with Crippen molar-refractivity contribution in [2.24, 2.45) is 13.0 Å². The Hall–Kier alpha value is -1.63. The summed E-state index contributed by atoms with van der Waals surface area (Å²) >= 11 is 0. The van der Waals surface area contributed by atoms with Gasteiger partial charge in [-0.25, -0.2) is 9.48 Å². The molecule has 2 N–H and O–H groups in total. The number of piperidine rings is 1. The number of amides is 2. The standard InChI is InChI=1S/C11H19N5O2/c1-8-4-3-5-16(9(8)6-17)11(18)14-10-12-7-13-15(10)2/h7-9,17H,3-6H2,1-2H3,(H,12,13,14,18). The zero-order valence-electron chi connectivity index (χ0n) is 10.7. The fourth-order valence-electron chi connectivity index (χ4n) is 2.36. The van der Waals surface area contributed by atoms with E-state index in [-0.39, 0.29) is 18.7 Å². The van der Waals surface area contributed by atoms with E-state index in [1.807, 2.05) is 0 Å².